The number of nitrogens with two attached hydrogens (primary N) is 4. The van der Waals surface area contributed by atoms with Crippen LogP contribution in [0.5, 0.6) is 0 Å². The number of aliphatic hydroxyl groups excluding tert-OH is 1. The van der Waals surface area contributed by atoms with E-state index in [2.05, 4.69) is 47.5 Å². The van der Waals surface area contributed by atoms with Crippen molar-refractivity contribution in [3.05, 3.63) is 148 Å². The first-order valence-corrected chi connectivity index (χ1v) is 30.4. The summed E-state index contributed by atoms with van der Waals surface area (Å²) in [5.41, 5.74) is 26.4. The third-order valence-electron chi connectivity index (χ3n) is 14.2. The quantitative estimate of drug-likeness (QED) is 0.0408. The fourth-order valence-electron chi connectivity index (χ4n) is 9.50. The second-order valence-electron chi connectivity index (χ2n) is 20.8. The van der Waals surface area contributed by atoms with E-state index in [4.69, 9.17) is 34.5 Å². The largest absolute Gasteiger partial charge is 0.391 e. The van der Waals surface area contributed by atoms with Gasteiger partial charge in [0.05, 0.1) is 12.1 Å². The van der Waals surface area contributed by atoms with E-state index in [1.807, 2.05) is 36.4 Å². The number of carbonyl (C=O) groups is 9. The average molecular weight is 1240 g/mol. The Morgan fingerprint density at radius 3 is 2.03 bits per heavy atom. The van der Waals surface area contributed by atoms with Crippen LogP contribution in [-0.2, 0) is 64.0 Å². The van der Waals surface area contributed by atoms with Gasteiger partial charge in [-0.05, 0) is 115 Å². The molecular formula is C59H69ClFN13O10S2. The maximum absolute atomic E-state index is 15.0. The number of halogens is 2. The first-order chi connectivity index (χ1) is 41.1. The maximum Gasteiger partial charge on any atom is 0.316 e. The topological polar surface area (TPSA) is 390 Å². The van der Waals surface area contributed by atoms with Crippen molar-refractivity contribution in [2.24, 2.45) is 22.9 Å². The van der Waals surface area contributed by atoms with Gasteiger partial charge in [0.2, 0.25) is 47.3 Å². The third-order valence-corrected chi connectivity index (χ3v) is 16.8. The molecule has 1 aromatic heterocycles. The molecule has 0 aliphatic carbocycles. The predicted molar refractivity (Wildman–Crippen MR) is 328 cm³/mol. The molecule has 86 heavy (non-hydrogen) atoms. The van der Waals surface area contributed by atoms with E-state index in [-0.39, 0.29) is 56.6 Å². The number of aromatic nitrogens is 1. The number of aromatic amines is 1. The number of anilines is 1. The summed E-state index contributed by atoms with van der Waals surface area (Å²) in [6.07, 6.45) is -0.118. The molecular weight excluding hydrogens is 1170 g/mol. The Bertz CT molecular complexity index is 3420. The summed E-state index contributed by atoms with van der Waals surface area (Å²) in [6.45, 7) is 1.42. The molecule has 23 nitrogen and oxygen atoms in total. The molecule has 0 bridgehead atoms. The Morgan fingerprint density at radius 1 is 0.709 bits per heavy atom. The smallest absolute Gasteiger partial charge is 0.316 e. The average Bonchev–Trinajstić information content (AvgIpc) is 2.28. The van der Waals surface area contributed by atoms with Crippen molar-refractivity contribution in [3.63, 3.8) is 0 Å². The third kappa shape index (κ3) is 18.9. The van der Waals surface area contributed by atoms with E-state index in [0.717, 1.165) is 32.4 Å². The monoisotopic (exact) mass is 1240 g/mol. The number of carbonyl (C=O) groups excluding carboxylic acids is 9. The highest BCUT2D eigenvalue weighted by molar-refractivity contribution is 8.76. The van der Waals surface area contributed by atoms with Crippen LogP contribution in [0.3, 0.4) is 0 Å². The van der Waals surface area contributed by atoms with Crippen molar-refractivity contribution < 1.29 is 52.6 Å². The van der Waals surface area contributed by atoms with Gasteiger partial charge in [0.25, 0.3) is 0 Å². The summed E-state index contributed by atoms with van der Waals surface area (Å²) >= 11 is 6.10. The van der Waals surface area contributed by atoms with Crippen molar-refractivity contribution in [2.45, 2.75) is 106 Å². The zero-order valence-corrected chi connectivity index (χ0v) is 49.1. The highest BCUT2D eigenvalue weighted by Crippen LogP contribution is 2.26. The number of urea groups is 1. The van der Waals surface area contributed by atoms with Crippen LogP contribution in [0.15, 0.2) is 115 Å². The summed E-state index contributed by atoms with van der Waals surface area (Å²) in [6, 6.07) is 16.9. The van der Waals surface area contributed by atoms with Gasteiger partial charge in [-0.2, -0.15) is 0 Å². The van der Waals surface area contributed by atoms with Crippen molar-refractivity contribution in [2.75, 3.05) is 23.4 Å². The molecule has 0 saturated carbocycles. The molecule has 9 atom stereocenters. The SMILES string of the molecule is C[C@@H](O)[C@@H]1NC(=O)[C@H](CCCCN)NC(=O)[C@H](Cc2c[nH]c3ccc(F)cc23)NC(=O)[C@H](Cc2ccc(NC(N)=O)cc2)NC(=O)[C@H](NC(=O)[C@H](N)Cc2ccc(Cl)cc2)CSSC[C@@H](C(=O)N[C@@H](Cc2ccc3ccccc3c2)C(N)=O)NC1=O. The summed E-state index contributed by atoms with van der Waals surface area (Å²) in [7, 11) is 1.93. The number of rotatable bonds is 19. The van der Waals surface area contributed by atoms with Gasteiger partial charge in [-0.3, -0.25) is 38.4 Å². The summed E-state index contributed by atoms with van der Waals surface area (Å²) < 4.78 is 14.8. The molecule has 1 saturated heterocycles. The standard InChI is InChI=1S/C59H69ClFN13O10S2/c1-31(75)50-58(83)73-49(56(81)69-45(51(64)76)25-34-9-14-35-6-2-3-7-36(35)22-34)30-86-85-29-48(72-52(77)42(63)23-32-10-15-38(60)16-11-32)57(82)70-46(24-33-12-18-40(19-13-33)67-59(65)84)54(79)71-47(26-37-28-66-43-20-17-39(61)27-41(37)43)55(80)68-44(53(78)74-50)8-4-5-21-62/h2-3,6-7,9-20,22,27-28,31,42,44-50,66,75H,4-5,8,21,23-26,29-30,62-63H2,1H3,(H2,64,76)(H,68,80)(H,69,81)(H,70,82)(H,71,79)(H,72,77)(H,73,83)(H,74,78)(H3,65,67,84)/t31-,42-,44+,45+,46+,47+,48-,49+,50+/m1/s1. The molecule has 10 amide bonds. The molecule has 6 aromatic rings. The summed E-state index contributed by atoms with van der Waals surface area (Å²) in [5.74, 6) is -8.49. The highest BCUT2D eigenvalue weighted by Gasteiger charge is 2.37. The first kappa shape index (κ1) is 65.3. The van der Waals surface area contributed by atoms with Crippen LogP contribution >= 0.6 is 33.2 Å². The molecule has 18 N–H and O–H groups in total. The Hall–Kier alpha value is -8.27. The molecule has 5 aromatic carbocycles. The molecule has 27 heteroatoms. The molecule has 456 valence electrons. The number of benzene rings is 5. The Kier molecular flexibility index (Phi) is 23.7. The normalized spacial score (nSPS) is 20.4. The fraction of sp³-hybridized carbons (Fsp3) is 0.339. The first-order valence-electron chi connectivity index (χ1n) is 27.6. The van der Waals surface area contributed by atoms with Crippen molar-refractivity contribution in [1.29, 1.82) is 0 Å². The Morgan fingerprint density at radius 2 is 1.35 bits per heavy atom. The van der Waals surface area contributed by atoms with Crippen LogP contribution in [-0.4, -0.2) is 136 Å². The van der Waals surface area contributed by atoms with Gasteiger partial charge in [-0.15, -0.1) is 0 Å². The van der Waals surface area contributed by atoms with Gasteiger partial charge >= 0.3 is 6.03 Å². The van der Waals surface area contributed by atoms with E-state index in [0.29, 0.717) is 50.3 Å². The number of hydrogen-bond acceptors (Lipinski definition) is 14. The second kappa shape index (κ2) is 31.2. The molecule has 1 aliphatic rings. The van der Waals surface area contributed by atoms with Crippen molar-refractivity contribution in [1.82, 2.24) is 42.2 Å². The number of nitrogens with one attached hydrogen (secondary N) is 9. The van der Waals surface area contributed by atoms with Crippen molar-refractivity contribution in [3.8, 4) is 0 Å². The van der Waals surface area contributed by atoms with E-state index in [1.165, 1.54) is 43.5 Å². The van der Waals surface area contributed by atoms with Crippen LogP contribution in [0.2, 0.25) is 5.02 Å². The minimum Gasteiger partial charge on any atom is -0.391 e. The zero-order valence-electron chi connectivity index (χ0n) is 46.7. The van der Waals surface area contributed by atoms with Gasteiger partial charge in [0.1, 0.15) is 48.1 Å². The summed E-state index contributed by atoms with van der Waals surface area (Å²) in [4.78, 5) is 130. The number of fused-ring (bicyclic) bond motifs is 2. The predicted octanol–water partition coefficient (Wildman–Crippen LogP) is 1.99. The van der Waals surface area contributed by atoms with Crippen LogP contribution in [0.4, 0.5) is 14.9 Å². The Labute approximate surface area is 507 Å². The fourth-order valence-corrected chi connectivity index (χ4v) is 12.0. The lowest BCUT2D eigenvalue weighted by Gasteiger charge is -2.29. The number of hydrogen-bond donors (Lipinski definition) is 14. The maximum atomic E-state index is 15.0. The van der Waals surface area contributed by atoms with Gasteiger partial charge in [0, 0.05) is 58.6 Å². The van der Waals surface area contributed by atoms with Crippen LogP contribution in [0.1, 0.15) is 48.4 Å². The van der Waals surface area contributed by atoms with E-state index < -0.39 is 114 Å². The molecule has 1 aliphatic heterocycles. The molecule has 0 spiro atoms. The lowest BCUT2D eigenvalue weighted by atomic mass is 10.0. The molecule has 0 radical (unpaired) electrons. The Balaban J connectivity index is 1.27. The number of H-pyrrole nitrogens is 1. The van der Waals surface area contributed by atoms with Gasteiger partial charge in [-0.1, -0.05) is 99.9 Å². The van der Waals surface area contributed by atoms with Gasteiger partial charge in [-0.25, -0.2) is 9.18 Å². The van der Waals surface area contributed by atoms with Crippen LogP contribution in [0, 0.1) is 5.82 Å². The van der Waals surface area contributed by atoms with E-state index in [9.17, 15) is 52.6 Å². The minimum absolute atomic E-state index is 0.0167. The van der Waals surface area contributed by atoms with Crippen molar-refractivity contribution >= 4 is 114 Å². The van der Waals surface area contributed by atoms with Crippen LogP contribution < -0.4 is 65.5 Å². The van der Waals surface area contributed by atoms with Gasteiger partial charge in [0.15, 0.2) is 0 Å². The number of unbranched alkanes of at least 4 members (excludes halogenated alkanes) is 1. The van der Waals surface area contributed by atoms with E-state index in [1.54, 1.807) is 42.5 Å². The highest BCUT2D eigenvalue weighted by atomic mass is 35.5. The summed E-state index contributed by atoms with van der Waals surface area (Å²) in [5, 5.41) is 34.8. The second-order valence-corrected chi connectivity index (χ2v) is 23.8. The molecule has 2 heterocycles. The number of primary amides is 2. The molecule has 1 fully saturated rings. The zero-order chi connectivity index (χ0) is 62.0. The minimum atomic E-state index is -1.77. The van der Waals surface area contributed by atoms with E-state index >= 15 is 0 Å². The number of amides is 10. The van der Waals surface area contributed by atoms with Crippen LogP contribution in [0.25, 0.3) is 21.7 Å². The number of aliphatic hydroxyl groups is 1. The lowest BCUT2D eigenvalue weighted by Crippen LogP contribution is -2.62. The lowest BCUT2D eigenvalue weighted by molar-refractivity contribution is -0.136. The molecule has 7 rings (SSSR count). The molecule has 0 unspecified atom stereocenters. The van der Waals surface area contributed by atoms with Gasteiger partial charge < -0.3 is 75.6 Å².